The number of carbonyl (C=O) groups is 1. The molecule has 8 heteroatoms. The monoisotopic (exact) mass is 499 g/mol. The first-order valence-corrected chi connectivity index (χ1v) is 12.3. The number of nitrogens with zero attached hydrogens (tertiary/aromatic N) is 1. The van der Waals surface area contributed by atoms with Gasteiger partial charge in [-0.3, -0.25) is 0 Å². The zero-order valence-electron chi connectivity index (χ0n) is 20.8. The van der Waals surface area contributed by atoms with Crippen LogP contribution in [-0.4, -0.2) is 37.2 Å². The molecule has 5 rings (SSSR count). The topological polar surface area (TPSA) is 93.0 Å². The van der Waals surface area contributed by atoms with Gasteiger partial charge < -0.3 is 29.4 Å². The molecule has 1 aliphatic rings. The third kappa shape index (κ3) is 5.92. The summed E-state index contributed by atoms with van der Waals surface area (Å²) in [5.41, 5.74) is 1.19. The van der Waals surface area contributed by atoms with Crippen molar-refractivity contribution in [2.45, 2.75) is 25.9 Å². The van der Waals surface area contributed by atoms with Crippen LogP contribution in [0.25, 0.3) is 11.0 Å². The highest BCUT2D eigenvalue weighted by molar-refractivity contribution is 6.00. The molecule has 3 aromatic carbocycles. The molecule has 1 saturated heterocycles. The molecule has 0 aliphatic carbocycles. The van der Waals surface area contributed by atoms with Gasteiger partial charge in [-0.25, -0.2) is 9.59 Å². The summed E-state index contributed by atoms with van der Waals surface area (Å²) >= 11 is 0. The van der Waals surface area contributed by atoms with E-state index in [1.807, 2.05) is 49.4 Å². The van der Waals surface area contributed by atoms with Crippen LogP contribution in [0, 0.1) is 6.92 Å². The number of aryl methyl sites for hydroxylation is 1. The lowest BCUT2D eigenvalue weighted by atomic mass is 10.1. The van der Waals surface area contributed by atoms with E-state index in [2.05, 4.69) is 22.6 Å². The van der Waals surface area contributed by atoms with E-state index in [4.69, 9.17) is 13.9 Å². The summed E-state index contributed by atoms with van der Waals surface area (Å²) in [6.45, 7) is 3.87. The predicted octanol–water partition coefficient (Wildman–Crippen LogP) is 6.01. The van der Waals surface area contributed by atoms with Gasteiger partial charge in [0.05, 0.1) is 0 Å². The van der Waals surface area contributed by atoms with Gasteiger partial charge in [0.1, 0.15) is 34.6 Å². The van der Waals surface area contributed by atoms with Crippen molar-refractivity contribution in [3.8, 4) is 17.2 Å². The Kier molecular flexibility index (Phi) is 7.09. The smallest absolute Gasteiger partial charge is 0.360 e. The summed E-state index contributed by atoms with van der Waals surface area (Å²) < 4.78 is 17.6. The van der Waals surface area contributed by atoms with Crippen molar-refractivity contribution in [1.29, 1.82) is 0 Å². The molecule has 0 unspecified atom stereocenters. The quantitative estimate of drug-likeness (QED) is 0.316. The van der Waals surface area contributed by atoms with E-state index < -0.39 is 11.7 Å². The van der Waals surface area contributed by atoms with Crippen molar-refractivity contribution in [3.05, 3.63) is 88.8 Å². The molecule has 2 N–H and O–H groups in total. The zero-order chi connectivity index (χ0) is 25.8. The number of anilines is 2. The fourth-order valence-corrected chi connectivity index (χ4v) is 4.32. The predicted molar refractivity (Wildman–Crippen MR) is 144 cm³/mol. The molecule has 2 amide bonds. The fourth-order valence-electron chi connectivity index (χ4n) is 4.32. The van der Waals surface area contributed by atoms with Crippen LogP contribution in [-0.2, 0) is 0 Å². The van der Waals surface area contributed by atoms with Gasteiger partial charge in [-0.05, 0) is 81.4 Å². The molecule has 0 saturated carbocycles. The second kappa shape index (κ2) is 10.8. The zero-order valence-corrected chi connectivity index (χ0v) is 20.8. The molecule has 190 valence electrons. The number of benzene rings is 3. The first-order valence-electron chi connectivity index (χ1n) is 12.3. The number of piperidine rings is 1. The number of para-hydroxylation sites is 1. The van der Waals surface area contributed by atoms with E-state index in [0.29, 0.717) is 28.2 Å². The Morgan fingerprint density at radius 2 is 1.65 bits per heavy atom. The van der Waals surface area contributed by atoms with E-state index in [9.17, 15) is 9.59 Å². The highest BCUT2D eigenvalue weighted by Crippen LogP contribution is 2.30. The lowest BCUT2D eigenvalue weighted by molar-refractivity contribution is 0.113. The Morgan fingerprint density at radius 1 is 0.946 bits per heavy atom. The first kappa shape index (κ1) is 24.4. The molecule has 0 radical (unpaired) electrons. The number of likely N-dealkylation sites (tertiary alicyclic amines) is 1. The Morgan fingerprint density at radius 3 is 2.38 bits per heavy atom. The van der Waals surface area contributed by atoms with Crippen LogP contribution in [0.4, 0.5) is 16.2 Å². The molecule has 4 aromatic rings. The van der Waals surface area contributed by atoms with Crippen LogP contribution in [0.2, 0.25) is 0 Å². The molecule has 8 nitrogen and oxygen atoms in total. The van der Waals surface area contributed by atoms with Gasteiger partial charge >= 0.3 is 11.7 Å². The number of urea groups is 1. The normalized spacial score (nSPS) is 14.3. The van der Waals surface area contributed by atoms with Gasteiger partial charge in [0.25, 0.3) is 0 Å². The summed E-state index contributed by atoms with van der Waals surface area (Å²) in [5, 5.41) is 6.00. The van der Waals surface area contributed by atoms with Crippen LogP contribution in [0.3, 0.4) is 0 Å². The molecule has 0 spiro atoms. The standard InChI is InChI=1S/C29H29N3O5/c1-19-26(36-24-14-16-32(2)17-15-24)13-8-20-18-25(28(33)37-27(19)20)31-29(34)30-21-9-11-23(12-10-21)35-22-6-4-3-5-7-22/h3-13,18,24H,14-17H2,1-2H3,(H2,30,31,34). The molecular weight excluding hydrogens is 470 g/mol. The van der Waals surface area contributed by atoms with Gasteiger partial charge in [0.15, 0.2) is 0 Å². The van der Waals surface area contributed by atoms with Gasteiger partial charge in [0, 0.05) is 29.7 Å². The van der Waals surface area contributed by atoms with E-state index in [1.54, 1.807) is 30.3 Å². The van der Waals surface area contributed by atoms with Gasteiger partial charge in [0.2, 0.25) is 0 Å². The number of hydrogen-bond acceptors (Lipinski definition) is 6. The van der Waals surface area contributed by atoms with Gasteiger partial charge in [-0.1, -0.05) is 18.2 Å². The summed E-state index contributed by atoms with van der Waals surface area (Å²) in [6, 6.07) is 21.1. The van der Waals surface area contributed by atoms with Crippen molar-refractivity contribution >= 4 is 28.4 Å². The van der Waals surface area contributed by atoms with Crippen molar-refractivity contribution in [1.82, 2.24) is 4.90 Å². The number of fused-ring (bicyclic) bond motifs is 1. The highest BCUT2D eigenvalue weighted by atomic mass is 16.5. The van der Waals surface area contributed by atoms with Crippen LogP contribution in [0.5, 0.6) is 17.2 Å². The maximum absolute atomic E-state index is 12.7. The maximum atomic E-state index is 12.7. The van der Waals surface area contributed by atoms with E-state index >= 15 is 0 Å². The number of ether oxygens (including phenoxy) is 2. The summed E-state index contributed by atoms with van der Waals surface area (Å²) in [5.74, 6) is 2.07. The number of amides is 2. The molecule has 2 heterocycles. The maximum Gasteiger partial charge on any atom is 0.360 e. The Hall–Kier alpha value is -4.30. The lowest BCUT2D eigenvalue weighted by Gasteiger charge is -2.29. The minimum atomic E-state index is -0.631. The highest BCUT2D eigenvalue weighted by Gasteiger charge is 2.20. The average Bonchev–Trinajstić information content (AvgIpc) is 2.90. The third-order valence-electron chi connectivity index (χ3n) is 6.40. The molecule has 37 heavy (non-hydrogen) atoms. The molecule has 1 fully saturated rings. The lowest BCUT2D eigenvalue weighted by Crippen LogP contribution is -2.35. The Labute approximate surface area is 214 Å². The first-order chi connectivity index (χ1) is 17.9. The number of rotatable bonds is 6. The summed E-state index contributed by atoms with van der Waals surface area (Å²) in [4.78, 5) is 27.5. The van der Waals surface area contributed by atoms with Crippen molar-refractivity contribution in [2.24, 2.45) is 0 Å². The third-order valence-corrected chi connectivity index (χ3v) is 6.40. The largest absolute Gasteiger partial charge is 0.490 e. The number of hydrogen-bond donors (Lipinski definition) is 2. The van der Waals surface area contributed by atoms with Crippen molar-refractivity contribution < 1.29 is 18.7 Å². The molecule has 0 bridgehead atoms. The molecule has 1 aromatic heterocycles. The molecular formula is C29H29N3O5. The Bertz CT molecular complexity index is 1440. The minimum absolute atomic E-state index is 0.0532. The van der Waals surface area contributed by atoms with Crippen LogP contribution in [0.1, 0.15) is 18.4 Å². The van der Waals surface area contributed by atoms with Crippen molar-refractivity contribution in [2.75, 3.05) is 30.8 Å². The van der Waals surface area contributed by atoms with Gasteiger partial charge in [-0.15, -0.1) is 0 Å². The average molecular weight is 500 g/mol. The number of carbonyl (C=O) groups excluding carboxylic acids is 1. The van der Waals surface area contributed by atoms with Crippen LogP contribution in [0.15, 0.2) is 82.0 Å². The number of nitrogens with one attached hydrogen (secondary N) is 2. The Balaban J connectivity index is 1.24. The molecule has 0 atom stereocenters. The van der Waals surface area contributed by atoms with Crippen molar-refractivity contribution in [3.63, 3.8) is 0 Å². The van der Waals surface area contributed by atoms with E-state index in [1.165, 1.54) is 0 Å². The van der Waals surface area contributed by atoms with Gasteiger partial charge in [-0.2, -0.15) is 0 Å². The fraction of sp³-hybridized carbons (Fsp3) is 0.241. The van der Waals surface area contributed by atoms with E-state index in [0.717, 1.165) is 37.2 Å². The minimum Gasteiger partial charge on any atom is -0.490 e. The summed E-state index contributed by atoms with van der Waals surface area (Å²) in [6.07, 6.45) is 2.06. The van der Waals surface area contributed by atoms with Crippen LogP contribution < -0.4 is 25.7 Å². The SMILES string of the molecule is Cc1c(OC2CCN(C)CC2)ccc2cc(NC(=O)Nc3ccc(Oc4ccccc4)cc3)c(=O)oc12. The summed E-state index contributed by atoms with van der Waals surface area (Å²) in [7, 11) is 2.11. The molecule has 1 aliphatic heterocycles. The second-order valence-electron chi connectivity index (χ2n) is 9.19. The second-order valence-corrected chi connectivity index (χ2v) is 9.19. The van der Waals surface area contributed by atoms with Crippen LogP contribution >= 0.6 is 0 Å². The van der Waals surface area contributed by atoms with E-state index in [-0.39, 0.29) is 11.8 Å².